The van der Waals surface area contributed by atoms with Crippen molar-refractivity contribution < 1.29 is 32.9 Å². The van der Waals surface area contributed by atoms with Crippen LogP contribution in [0.15, 0.2) is 51.7 Å². The predicted octanol–water partition coefficient (Wildman–Crippen LogP) is 3.98. The molecule has 8 nitrogen and oxygen atoms in total. The maximum Gasteiger partial charge on any atom is 0.343 e. The number of carbonyl (C=O) groups is 1. The summed E-state index contributed by atoms with van der Waals surface area (Å²) in [6.07, 6.45) is -0.267. The van der Waals surface area contributed by atoms with Crippen molar-refractivity contribution in [3.63, 3.8) is 0 Å². The Kier molecular flexibility index (Phi) is 7.22. The van der Waals surface area contributed by atoms with E-state index in [1.165, 1.54) is 58.6 Å². The van der Waals surface area contributed by atoms with Crippen molar-refractivity contribution in [1.29, 1.82) is 0 Å². The summed E-state index contributed by atoms with van der Waals surface area (Å²) in [5, 5.41) is 13.2. The molecule has 0 bridgehead atoms. The van der Waals surface area contributed by atoms with Gasteiger partial charge in [-0.05, 0) is 42.8 Å². The largest absolute Gasteiger partial charge is 0.507 e. The lowest BCUT2D eigenvalue weighted by molar-refractivity contribution is -0.116. The van der Waals surface area contributed by atoms with Crippen molar-refractivity contribution in [2.75, 3.05) is 26.6 Å². The first-order valence-electron chi connectivity index (χ1n) is 9.96. The van der Waals surface area contributed by atoms with Gasteiger partial charge in [0.1, 0.15) is 17.3 Å². The second-order valence-corrected chi connectivity index (χ2v) is 7.22. The fourth-order valence-corrected chi connectivity index (χ4v) is 3.58. The second kappa shape index (κ2) is 10.1. The molecular formula is C24H24FNO7. The molecule has 1 amide bonds. The fourth-order valence-electron chi connectivity index (χ4n) is 3.58. The zero-order valence-corrected chi connectivity index (χ0v) is 18.6. The number of methoxy groups -OCH3 is 3. The van der Waals surface area contributed by atoms with Crippen molar-refractivity contribution in [3.8, 4) is 23.0 Å². The summed E-state index contributed by atoms with van der Waals surface area (Å²) < 4.78 is 34.8. The van der Waals surface area contributed by atoms with Gasteiger partial charge in [-0.15, -0.1) is 0 Å². The molecule has 0 saturated heterocycles. The van der Waals surface area contributed by atoms with E-state index in [9.17, 15) is 19.1 Å². The van der Waals surface area contributed by atoms with Crippen LogP contribution in [0.25, 0.3) is 0 Å². The van der Waals surface area contributed by atoms with E-state index in [2.05, 4.69) is 5.32 Å². The molecule has 0 unspecified atom stereocenters. The average Bonchev–Trinajstić information content (AvgIpc) is 2.76. The zero-order chi connectivity index (χ0) is 24.1. The van der Waals surface area contributed by atoms with Gasteiger partial charge in [-0.1, -0.05) is 6.07 Å². The van der Waals surface area contributed by atoms with Gasteiger partial charge in [0, 0.05) is 24.1 Å². The third-order valence-corrected chi connectivity index (χ3v) is 5.03. The molecule has 9 heteroatoms. The first-order chi connectivity index (χ1) is 15.8. The van der Waals surface area contributed by atoms with Crippen LogP contribution < -0.4 is 25.2 Å². The quantitative estimate of drug-likeness (QED) is 0.527. The molecule has 1 aromatic heterocycles. The van der Waals surface area contributed by atoms with Crippen molar-refractivity contribution in [2.24, 2.45) is 0 Å². The van der Waals surface area contributed by atoms with Gasteiger partial charge >= 0.3 is 5.63 Å². The highest BCUT2D eigenvalue weighted by Gasteiger charge is 2.28. The maximum absolute atomic E-state index is 13.5. The van der Waals surface area contributed by atoms with E-state index in [4.69, 9.17) is 18.6 Å². The van der Waals surface area contributed by atoms with E-state index in [-0.39, 0.29) is 29.2 Å². The van der Waals surface area contributed by atoms with Crippen molar-refractivity contribution in [3.05, 3.63) is 75.6 Å². The number of hydrogen-bond acceptors (Lipinski definition) is 7. The van der Waals surface area contributed by atoms with Crippen LogP contribution in [0.4, 0.5) is 10.1 Å². The molecular weight excluding hydrogens is 433 g/mol. The van der Waals surface area contributed by atoms with Crippen LogP contribution in [0.3, 0.4) is 0 Å². The zero-order valence-electron chi connectivity index (χ0n) is 18.6. The van der Waals surface area contributed by atoms with Gasteiger partial charge < -0.3 is 29.1 Å². The van der Waals surface area contributed by atoms with Crippen LogP contribution in [-0.2, 0) is 4.79 Å². The van der Waals surface area contributed by atoms with E-state index in [1.807, 2.05) is 0 Å². The van der Waals surface area contributed by atoms with E-state index in [0.29, 0.717) is 22.8 Å². The molecule has 1 atom stereocenters. The molecule has 3 aromatic rings. The van der Waals surface area contributed by atoms with Crippen LogP contribution in [-0.4, -0.2) is 32.3 Å². The number of ether oxygens (including phenoxy) is 3. The van der Waals surface area contributed by atoms with Crippen molar-refractivity contribution in [1.82, 2.24) is 0 Å². The van der Waals surface area contributed by atoms with Crippen LogP contribution in [0.2, 0.25) is 0 Å². The summed E-state index contributed by atoms with van der Waals surface area (Å²) in [5.41, 5.74) is -0.205. The van der Waals surface area contributed by atoms with Gasteiger partial charge in [0.2, 0.25) is 11.7 Å². The molecule has 0 aliphatic rings. The normalized spacial score (nSPS) is 11.5. The van der Waals surface area contributed by atoms with E-state index >= 15 is 0 Å². The summed E-state index contributed by atoms with van der Waals surface area (Å²) in [6, 6.07) is 9.88. The lowest BCUT2D eigenvalue weighted by atomic mass is 9.88. The van der Waals surface area contributed by atoms with Crippen LogP contribution >= 0.6 is 0 Å². The molecule has 33 heavy (non-hydrogen) atoms. The van der Waals surface area contributed by atoms with Crippen molar-refractivity contribution >= 4 is 11.6 Å². The van der Waals surface area contributed by atoms with E-state index < -0.39 is 23.3 Å². The first-order valence-corrected chi connectivity index (χ1v) is 9.96. The topological polar surface area (TPSA) is 107 Å². The first kappa shape index (κ1) is 23.6. The lowest BCUT2D eigenvalue weighted by Crippen LogP contribution is -2.21. The monoisotopic (exact) mass is 457 g/mol. The Balaban J connectivity index is 2.11. The van der Waals surface area contributed by atoms with Gasteiger partial charge in [-0.3, -0.25) is 4.79 Å². The average molecular weight is 457 g/mol. The lowest BCUT2D eigenvalue weighted by Gasteiger charge is -2.21. The molecule has 0 fully saturated rings. The maximum atomic E-state index is 13.5. The Morgan fingerprint density at radius 2 is 1.76 bits per heavy atom. The molecule has 174 valence electrons. The summed E-state index contributed by atoms with van der Waals surface area (Å²) in [4.78, 5) is 25.6. The van der Waals surface area contributed by atoms with E-state index in [1.54, 1.807) is 12.1 Å². The van der Waals surface area contributed by atoms with Gasteiger partial charge in [0.25, 0.3) is 0 Å². The number of hydrogen-bond donors (Lipinski definition) is 2. The number of aryl methyl sites for hydroxylation is 1. The van der Waals surface area contributed by atoms with E-state index in [0.717, 1.165) is 0 Å². The number of anilines is 1. The highest BCUT2D eigenvalue weighted by Crippen LogP contribution is 2.43. The molecule has 2 aromatic carbocycles. The molecule has 1 heterocycles. The number of aromatic hydroxyl groups is 1. The molecule has 0 spiro atoms. The highest BCUT2D eigenvalue weighted by molar-refractivity contribution is 5.91. The highest BCUT2D eigenvalue weighted by atomic mass is 19.1. The minimum Gasteiger partial charge on any atom is -0.507 e. The Morgan fingerprint density at radius 3 is 2.30 bits per heavy atom. The number of halogens is 1. The molecule has 0 aliphatic heterocycles. The van der Waals surface area contributed by atoms with Crippen LogP contribution in [0.1, 0.15) is 29.2 Å². The van der Waals surface area contributed by atoms with Crippen LogP contribution in [0.5, 0.6) is 23.0 Å². The van der Waals surface area contributed by atoms with Gasteiger partial charge in [-0.25, -0.2) is 9.18 Å². The SMILES string of the molecule is COc1cc([C@@H](CC(=O)Nc2cccc(F)c2)c2c(O)cc(C)oc2=O)cc(OC)c1OC. The molecule has 3 rings (SSSR count). The number of benzene rings is 2. The number of rotatable bonds is 8. The minimum atomic E-state index is -0.941. The van der Waals surface area contributed by atoms with Gasteiger partial charge in [0.15, 0.2) is 11.5 Å². The van der Waals surface area contributed by atoms with Gasteiger partial charge in [0.05, 0.1) is 26.9 Å². The van der Waals surface area contributed by atoms with Crippen molar-refractivity contribution in [2.45, 2.75) is 19.3 Å². The molecule has 0 radical (unpaired) electrons. The molecule has 0 aliphatic carbocycles. The second-order valence-electron chi connectivity index (χ2n) is 7.22. The Bertz CT molecular complexity index is 1200. The summed E-state index contributed by atoms with van der Waals surface area (Å²) in [6.45, 7) is 1.52. The Morgan fingerprint density at radius 1 is 1.09 bits per heavy atom. The van der Waals surface area contributed by atoms with Gasteiger partial charge in [-0.2, -0.15) is 0 Å². The van der Waals surface area contributed by atoms with Crippen LogP contribution in [0, 0.1) is 12.7 Å². The molecule has 0 saturated carbocycles. The minimum absolute atomic E-state index is 0.107. The molecule has 2 N–H and O–H groups in total. The fraction of sp³-hybridized carbons (Fsp3) is 0.250. The third kappa shape index (κ3) is 5.25. The Hall–Kier alpha value is -4.01. The number of amides is 1. The number of nitrogens with one attached hydrogen (secondary N) is 1. The summed E-state index contributed by atoms with van der Waals surface area (Å²) >= 11 is 0. The smallest absolute Gasteiger partial charge is 0.343 e. The predicted molar refractivity (Wildman–Crippen MR) is 119 cm³/mol. The number of carbonyl (C=O) groups excluding carboxylic acids is 1. The standard InChI is InChI=1S/C24H24FNO7/c1-13-8-18(27)22(24(29)33-13)17(12-21(28)26-16-7-5-6-15(25)11-16)14-9-19(30-2)23(32-4)20(10-14)31-3/h5-11,17,27H,12H2,1-4H3,(H,26,28)/t17-/m1/s1. The summed E-state index contributed by atoms with van der Waals surface area (Å²) in [5.74, 6) is -1.13. The third-order valence-electron chi connectivity index (χ3n) is 5.03. The summed E-state index contributed by atoms with van der Waals surface area (Å²) in [7, 11) is 4.32. The Labute approximate surface area is 189 Å².